The highest BCUT2D eigenvalue weighted by Crippen LogP contribution is 2.60. The van der Waals surface area contributed by atoms with Crippen molar-refractivity contribution >= 4 is 36.8 Å². The third-order valence-corrected chi connectivity index (χ3v) is 12.6. The van der Waals surface area contributed by atoms with Gasteiger partial charge in [-0.05, 0) is 61.0 Å². The van der Waals surface area contributed by atoms with Crippen LogP contribution in [0, 0.1) is 5.92 Å². The summed E-state index contributed by atoms with van der Waals surface area (Å²) >= 11 is 0. The molecule has 4 heterocycles. The number of rotatable bonds is 5. The highest BCUT2D eigenvalue weighted by Gasteiger charge is 2.66. The Bertz CT molecular complexity index is 1900. The van der Waals surface area contributed by atoms with Gasteiger partial charge in [0.25, 0.3) is 11.5 Å². The second-order valence-corrected chi connectivity index (χ2v) is 17.0. The summed E-state index contributed by atoms with van der Waals surface area (Å²) in [5.41, 5.74) is 2.10. The molecule has 0 radical (unpaired) electrons. The molecule has 0 unspecified atom stereocenters. The zero-order chi connectivity index (χ0) is 31.8. The van der Waals surface area contributed by atoms with Gasteiger partial charge in [0.2, 0.25) is 14.3 Å². The van der Waals surface area contributed by atoms with Crippen LogP contribution in [0.5, 0.6) is 0 Å². The predicted octanol–water partition coefficient (Wildman–Crippen LogP) is 4.41. The number of amides is 2. The van der Waals surface area contributed by atoms with Gasteiger partial charge in [-0.2, -0.15) is 0 Å². The van der Waals surface area contributed by atoms with Gasteiger partial charge < -0.3 is 23.8 Å². The van der Waals surface area contributed by atoms with E-state index in [0.717, 1.165) is 11.1 Å². The second-order valence-electron chi connectivity index (χ2n) is 13.2. The topological polar surface area (TPSA) is 108 Å². The number of nitrogens with one attached hydrogen (secondary N) is 1. The number of nitrogens with zero attached hydrogens (tertiary/aromatic N) is 3. The number of hydrogen-bond donors (Lipinski definition) is 2. The van der Waals surface area contributed by atoms with Crippen molar-refractivity contribution in [2.24, 2.45) is 5.92 Å². The van der Waals surface area contributed by atoms with Crippen molar-refractivity contribution in [2.45, 2.75) is 62.7 Å². The number of carbonyl (C=O) groups is 2. The van der Waals surface area contributed by atoms with E-state index in [-0.39, 0.29) is 30.4 Å². The maximum absolute atomic E-state index is 16.3. The number of aromatic nitrogens is 2. The van der Waals surface area contributed by atoms with Crippen LogP contribution in [0.1, 0.15) is 30.0 Å². The molecule has 1 aromatic heterocycles. The Kier molecular flexibility index (Phi) is 6.92. The summed E-state index contributed by atoms with van der Waals surface area (Å²) < 4.78 is 24.5. The van der Waals surface area contributed by atoms with Crippen molar-refractivity contribution in [3.8, 4) is 5.69 Å². The number of benzene rings is 3. The van der Waals surface area contributed by atoms with E-state index in [1.807, 2.05) is 43.3 Å². The first kappa shape index (κ1) is 29.6. The van der Waals surface area contributed by atoms with Gasteiger partial charge in [0.05, 0.1) is 47.5 Å². The molecule has 1 spiro atoms. The summed E-state index contributed by atoms with van der Waals surface area (Å²) in [5, 5.41) is 13.9. The molecule has 0 saturated carbocycles. The third-order valence-electron chi connectivity index (χ3n) is 10.2. The van der Waals surface area contributed by atoms with E-state index >= 15 is 4.11 Å². The first-order valence-electron chi connectivity index (χ1n) is 15.4. The molecule has 9 nitrogen and oxygen atoms in total. The number of likely N-dealkylation sites (N-methyl/N-ethyl adjacent to an activating group) is 1. The van der Waals surface area contributed by atoms with Crippen molar-refractivity contribution in [1.29, 1.82) is 0 Å². The van der Waals surface area contributed by atoms with Gasteiger partial charge in [-0.15, -0.1) is 0 Å². The predicted molar refractivity (Wildman–Crippen MR) is 172 cm³/mol. The van der Waals surface area contributed by atoms with E-state index in [1.54, 1.807) is 55.4 Å². The van der Waals surface area contributed by atoms with Crippen LogP contribution in [-0.4, -0.2) is 65.8 Å². The van der Waals surface area contributed by atoms with Crippen molar-refractivity contribution in [3.63, 3.8) is 0 Å². The molecule has 3 aliphatic rings. The normalized spacial score (nSPS) is 26.1. The molecule has 1 saturated heterocycles. The Morgan fingerprint density at radius 3 is 2.51 bits per heavy atom. The number of aliphatic hydroxyl groups is 1. The van der Waals surface area contributed by atoms with E-state index in [2.05, 4.69) is 5.10 Å². The van der Waals surface area contributed by atoms with Crippen LogP contribution in [0.4, 0.5) is 9.80 Å². The molecule has 3 aromatic carbocycles. The Morgan fingerprint density at radius 2 is 1.80 bits per heavy atom. The third kappa shape index (κ3) is 4.43. The molecule has 2 N–H and O–H groups in total. The first-order chi connectivity index (χ1) is 21.5. The lowest BCUT2D eigenvalue weighted by molar-refractivity contribution is -0.150. The molecule has 1 fully saturated rings. The Hall–Kier alpha value is -4.06. The molecular weight excluding hydrogens is 591 g/mol. The van der Waals surface area contributed by atoms with E-state index in [1.165, 1.54) is 9.58 Å². The number of fused-ring (bicyclic) bond motifs is 4. The lowest BCUT2D eigenvalue weighted by Crippen LogP contribution is -2.48. The van der Waals surface area contributed by atoms with Crippen LogP contribution in [-0.2, 0) is 32.9 Å². The molecule has 0 bridgehead atoms. The van der Waals surface area contributed by atoms with E-state index < -0.39 is 37.6 Å². The standard InChI is InChI=1S/C34H37FN4O5Si/c1-20-31(45(3,4)35)29(17-30(41)38-18-22-10-6-5-9-21(22)15-24(38)19-40)44-34(20)26-16-23(13-14-28(26)37(2)33(34)43)39-32(42)25-11-7-8-12-27(25)36-39/h5-14,16,20,24,29,31,36,40H,15,17-19H2,1-4H3/t20-,24+,29+,31-,34+/m1/s1. The molecule has 11 heteroatoms. The van der Waals surface area contributed by atoms with Gasteiger partial charge in [-0.3, -0.25) is 19.5 Å². The number of aromatic amines is 1. The summed E-state index contributed by atoms with van der Waals surface area (Å²) in [7, 11) is -1.83. The number of para-hydroxylation sites is 1. The number of hydrogen-bond acceptors (Lipinski definition) is 5. The maximum atomic E-state index is 16.3. The van der Waals surface area contributed by atoms with Gasteiger partial charge in [0.15, 0.2) is 5.60 Å². The summed E-state index contributed by atoms with van der Waals surface area (Å²) in [5.74, 6) is -1.13. The van der Waals surface area contributed by atoms with Gasteiger partial charge >= 0.3 is 0 Å². The lowest BCUT2D eigenvalue weighted by Gasteiger charge is -2.37. The smallest absolute Gasteiger partial charge is 0.279 e. The van der Waals surface area contributed by atoms with Crippen molar-refractivity contribution in [2.75, 3.05) is 18.6 Å². The molecule has 5 atom stereocenters. The fourth-order valence-corrected chi connectivity index (χ4v) is 10.5. The number of halogens is 1. The summed E-state index contributed by atoms with van der Waals surface area (Å²) in [6.45, 7) is 5.21. The van der Waals surface area contributed by atoms with Gasteiger partial charge in [-0.25, -0.2) is 4.68 Å². The quantitative estimate of drug-likeness (QED) is 0.252. The molecule has 0 aliphatic carbocycles. The zero-order valence-electron chi connectivity index (χ0n) is 25.8. The Morgan fingerprint density at radius 1 is 1.09 bits per heavy atom. The SMILES string of the molecule is C[C@@H]1[C@@H]([Si](C)(C)F)[C@H](CC(=O)N2Cc3ccccc3C[C@H]2CO)O[C@@]12C(=O)N(C)c1ccc(-n3[nH]c4ccccc4c3=O)cc12. The summed E-state index contributed by atoms with van der Waals surface area (Å²) in [4.78, 5) is 44.6. The van der Waals surface area contributed by atoms with E-state index in [9.17, 15) is 19.5 Å². The van der Waals surface area contributed by atoms with Crippen LogP contribution in [0.25, 0.3) is 16.6 Å². The molecule has 234 valence electrons. The molecule has 7 rings (SSSR count). The largest absolute Gasteiger partial charge is 0.394 e. The molecule has 3 aliphatic heterocycles. The highest BCUT2D eigenvalue weighted by molar-refractivity contribution is 6.72. The van der Waals surface area contributed by atoms with E-state index in [0.29, 0.717) is 40.8 Å². The molecule has 2 amide bonds. The first-order valence-corrected chi connectivity index (χ1v) is 18.4. The Labute approximate surface area is 261 Å². The number of anilines is 1. The minimum Gasteiger partial charge on any atom is -0.394 e. The second kappa shape index (κ2) is 10.5. The van der Waals surface area contributed by atoms with E-state index in [4.69, 9.17) is 4.74 Å². The van der Waals surface area contributed by atoms with Crippen molar-refractivity contribution < 1.29 is 23.5 Å². The maximum Gasteiger partial charge on any atom is 0.279 e. The monoisotopic (exact) mass is 628 g/mol. The van der Waals surface area contributed by atoms with Crippen LogP contribution in [0.15, 0.2) is 71.5 Å². The zero-order valence-corrected chi connectivity index (χ0v) is 26.8. The molecular formula is C34H37FN4O5Si. The minimum absolute atomic E-state index is 0.108. The minimum atomic E-state index is -3.50. The van der Waals surface area contributed by atoms with Crippen LogP contribution < -0.4 is 10.5 Å². The van der Waals surface area contributed by atoms with Gasteiger partial charge in [-0.1, -0.05) is 43.3 Å². The summed E-state index contributed by atoms with van der Waals surface area (Å²) in [6, 6.07) is 20.0. The molecule has 4 aromatic rings. The van der Waals surface area contributed by atoms with Crippen LogP contribution >= 0.6 is 0 Å². The fourth-order valence-electron chi connectivity index (χ4n) is 8.05. The lowest BCUT2D eigenvalue weighted by atomic mass is 9.82. The highest BCUT2D eigenvalue weighted by atomic mass is 28.4. The van der Waals surface area contributed by atoms with Crippen molar-refractivity contribution in [1.82, 2.24) is 14.7 Å². The number of aliphatic hydroxyl groups excluding tert-OH is 1. The van der Waals surface area contributed by atoms with Crippen LogP contribution in [0.2, 0.25) is 18.6 Å². The fraction of sp³-hybridized carbons (Fsp3) is 0.382. The number of ether oxygens (including phenoxy) is 1. The Balaban J connectivity index is 1.27. The summed E-state index contributed by atoms with van der Waals surface area (Å²) in [6.07, 6.45) is -0.425. The van der Waals surface area contributed by atoms with Gasteiger partial charge in [0.1, 0.15) is 0 Å². The number of H-pyrrole nitrogens is 1. The number of carbonyl (C=O) groups excluding carboxylic acids is 2. The molecule has 45 heavy (non-hydrogen) atoms. The van der Waals surface area contributed by atoms with Crippen molar-refractivity contribution in [3.05, 3.63) is 93.8 Å². The average Bonchev–Trinajstić information content (AvgIpc) is 3.59. The van der Waals surface area contributed by atoms with Crippen LogP contribution in [0.3, 0.4) is 0 Å². The average molecular weight is 629 g/mol. The van der Waals surface area contributed by atoms with Gasteiger partial charge in [0, 0.05) is 30.6 Å².